The van der Waals surface area contributed by atoms with Gasteiger partial charge in [-0.1, -0.05) is 19.9 Å². The molecule has 274 valence electrons. The van der Waals surface area contributed by atoms with Crippen molar-refractivity contribution in [2.45, 2.75) is 103 Å². The fourth-order valence-electron chi connectivity index (χ4n) is 8.29. The number of carboxylic acids is 1. The molecule has 1 amide bonds. The van der Waals surface area contributed by atoms with Crippen LogP contribution in [0.3, 0.4) is 0 Å². The number of amides is 1. The van der Waals surface area contributed by atoms with Crippen LogP contribution in [-0.2, 0) is 39.8 Å². The van der Waals surface area contributed by atoms with E-state index in [2.05, 4.69) is 10.2 Å². The van der Waals surface area contributed by atoms with Gasteiger partial charge in [-0.3, -0.25) is 19.3 Å². The van der Waals surface area contributed by atoms with Crippen LogP contribution in [0.25, 0.3) is 11.1 Å². The number of nitrogens with zero attached hydrogens (tertiary/aromatic N) is 2. The number of fused-ring (bicyclic) bond motifs is 3. The van der Waals surface area contributed by atoms with Gasteiger partial charge >= 0.3 is 12.1 Å². The predicted octanol–water partition coefficient (Wildman–Crippen LogP) is 6.71. The molecule has 2 bridgehead atoms. The summed E-state index contributed by atoms with van der Waals surface area (Å²) in [7, 11) is 0. The molecule has 2 aromatic carbocycles. The number of hydrogen-bond donors (Lipinski definition) is 2. The van der Waals surface area contributed by atoms with Gasteiger partial charge in [-0.05, 0) is 121 Å². The number of alkyl halides is 3. The molecule has 2 aliphatic heterocycles. The number of aliphatic carboxylic acids is 1. The third-order valence-electron chi connectivity index (χ3n) is 10.6. The van der Waals surface area contributed by atoms with Crippen LogP contribution in [0.5, 0.6) is 0 Å². The lowest BCUT2D eigenvalue weighted by Gasteiger charge is -2.28. The molecule has 12 heteroatoms. The molecule has 8 nitrogen and oxygen atoms in total. The zero-order chi connectivity index (χ0) is 36.8. The minimum atomic E-state index is -4.77. The minimum absolute atomic E-state index is 0.0239. The lowest BCUT2D eigenvalue weighted by atomic mass is 9.87. The van der Waals surface area contributed by atoms with Crippen molar-refractivity contribution in [2.75, 3.05) is 19.7 Å². The van der Waals surface area contributed by atoms with Gasteiger partial charge in [0.05, 0.1) is 30.7 Å². The third kappa shape index (κ3) is 7.91. The van der Waals surface area contributed by atoms with Gasteiger partial charge in [0.2, 0.25) is 5.91 Å². The Hall–Kier alpha value is -4.03. The highest BCUT2D eigenvalue weighted by molar-refractivity contribution is 5.82. The van der Waals surface area contributed by atoms with Gasteiger partial charge in [-0.25, -0.2) is 4.39 Å². The van der Waals surface area contributed by atoms with Gasteiger partial charge in [-0.2, -0.15) is 13.2 Å². The summed E-state index contributed by atoms with van der Waals surface area (Å²) in [6.45, 7) is 8.86. The number of rotatable bonds is 12. The molecule has 2 fully saturated rings. The second-order valence-electron chi connectivity index (χ2n) is 14.8. The number of halogens is 4. The van der Waals surface area contributed by atoms with E-state index in [0.717, 1.165) is 63.6 Å². The van der Waals surface area contributed by atoms with Gasteiger partial charge in [-0.15, -0.1) is 0 Å². The zero-order valence-electron chi connectivity index (χ0n) is 29.4. The van der Waals surface area contributed by atoms with Crippen LogP contribution in [0.2, 0.25) is 0 Å². The van der Waals surface area contributed by atoms with Gasteiger partial charge in [0.25, 0.3) is 5.56 Å². The molecular formula is C39H45F4N3O5. The first-order chi connectivity index (χ1) is 24.1. The Balaban J connectivity index is 1.36. The number of aryl methyl sites for hydroxylation is 3. The van der Waals surface area contributed by atoms with Gasteiger partial charge in [0.15, 0.2) is 0 Å². The maximum absolute atomic E-state index is 14.3. The van der Waals surface area contributed by atoms with Crippen molar-refractivity contribution in [3.05, 3.63) is 91.6 Å². The van der Waals surface area contributed by atoms with Crippen LogP contribution in [0.15, 0.2) is 41.3 Å². The lowest BCUT2D eigenvalue weighted by molar-refractivity contribution is -0.139. The standard InChI is InChI=1S/C39H45F4N3O5/c1-21(2)10-34(46-18-25(32(16-35(46)47)39(41,42)43)8-9-45-19-29-15-28(45)20-51-29)38(50)44-33(17-36(48)49)26-13-24-6-5-7-30(24)31(14-26)37-22(3)11-27(40)12-23(37)4/h11-14,16,18,21,28-29,33-34H,5-10,15,17,19-20H2,1-4H3,(H,44,50)(H,48,49)/t28-,29-,33?,34?/m0/s1. The average Bonchev–Trinajstić information content (AvgIpc) is 3.79. The summed E-state index contributed by atoms with van der Waals surface area (Å²) < 4.78 is 63.7. The smallest absolute Gasteiger partial charge is 0.416 e. The highest BCUT2D eigenvalue weighted by atomic mass is 19.4. The summed E-state index contributed by atoms with van der Waals surface area (Å²) in [4.78, 5) is 42.0. The van der Waals surface area contributed by atoms with Crippen molar-refractivity contribution in [3.8, 4) is 11.1 Å². The van der Waals surface area contributed by atoms with E-state index in [1.807, 2.05) is 39.8 Å². The first-order valence-electron chi connectivity index (χ1n) is 17.7. The van der Waals surface area contributed by atoms with Crippen LogP contribution in [0.1, 0.15) is 90.6 Å². The molecule has 4 atom stereocenters. The van der Waals surface area contributed by atoms with Gasteiger partial charge < -0.3 is 19.7 Å². The molecule has 0 saturated carbocycles. The van der Waals surface area contributed by atoms with E-state index in [1.165, 1.54) is 18.3 Å². The van der Waals surface area contributed by atoms with Gasteiger partial charge in [0, 0.05) is 31.4 Å². The Morgan fingerprint density at radius 3 is 2.41 bits per heavy atom. The molecule has 2 unspecified atom stereocenters. The molecule has 3 heterocycles. The van der Waals surface area contributed by atoms with Crippen molar-refractivity contribution >= 4 is 11.9 Å². The summed E-state index contributed by atoms with van der Waals surface area (Å²) >= 11 is 0. The van der Waals surface area contributed by atoms with E-state index < -0.39 is 47.7 Å². The molecule has 51 heavy (non-hydrogen) atoms. The van der Waals surface area contributed by atoms with Crippen molar-refractivity contribution < 1.29 is 37.0 Å². The van der Waals surface area contributed by atoms with Crippen molar-refractivity contribution in [3.63, 3.8) is 0 Å². The molecule has 0 spiro atoms. The van der Waals surface area contributed by atoms with Crippen LogP contribution in [-0.4, -0.2) is 58.3 Å². The van der Waals surface area contributed by atoms with Crippen LogP contribution in [0, 0.1) is 25.6 Å². The Morgan fingerprint density at radius 1 is 1.08 bits per heavy atom. The van der Waals surface area contributed by atoms with Crippen molar-refractivity contribution in [2.24, 2.45) is 5.92 Å². The van der Waals surface area contributed by atoms with Gasteiger partial charge in [0.1, 0.15) is 11.9 Å². The number of carbonyl (C=O) groups is 2. The fraction of sp³-hybridized carbons (Fsp3) is 0.513. The number of benzene rings is 2. The molecule has 3 aliphatic rings. The Kier molecular flexibility index (Phi) is 10.5. The molecular weight excluding hydrogens is 666 g/mol. The second kappa shape index (κ2) is 14.5. The van der Waals surface area contributed by atoms with E-state index >= 15 is 0 Å². The molecule has 0 radical (unpaired) electrons. The average molecular weight is 712 g/mol. The summed E-state index contributed by atoms with van der Waals surface area (Å²) in [6.07, 6.45) is -0.531. The maximum Gasteiger partial charge on any atom is 0.416 e. The van der Waals surface area contributed by atoms with E-state index in [4.69, 9.17) is 4.74 Å². The fourth-order valence-corrected chi connectivity index (χ4v) is 8.29. The summed E-state index contributed by atoms with van der Waals surface area (Å²) in [6, 6.07) is 5.21. The molecule has 6 rings (SSSR count). The number of likely N-dealkylation sites (tertiary alicyclic amines) is 1. The number of pyridine rings is 1. The first-order valence-corrected chi connectivity index (χ1v) is 17.7. The number of carboxylic acid groups (broad SMARTS) is 1. The number of morpholine rings is 1. The number of hydrogen-bond acceptors (Lipinski definition) is 5. The topological polar surface area (TPSA) is 101 Å². The van der Waals surface area contributed by atoms with Crippen molar-refractivity contribution in [1.29, 1.82) is 0 Å². The molecule has 1 aromatic heterocycles. The quantitative estimate of drug-likeness (QED) is 0.203. The van der Waals surface area contributed by atoms with E-state index in [0.29, 0.717) is 31.3 Å². The Bertz CT molecular complexity index is 1860. The lowest BCUT2D eigenvalue weighted by Crippen LogP contribution is -2.41. The number of carbonyl (C=O) groups excluding carboxylic acids is 1. The largest absolute Gasteiger partial charge is 0.481 e. The third-order valence-corrected chi connectivity index (χ3v) is 10.6. The second-order valence-corrected chi connectivity index (χ2v) is 14.8. The normalized spacial score (nSPS) is 19.8. The molecule has 1 aliphatic carbocycles. The Labute approximate surface area is 294 Å². The summed E-state index contributed by atoms with van der Waals surface area (Å²) in [5, 5.41) is 12.8. The molecule has 3 aromatic rings. The highest BCUT2D eigenvalue weighted by Crippen LogP contribution is 2.39. The maximum atomic E-state index is 14.3. The molecule has 2 saturated heterocycles. The first kappa shape index (κ1) is 36.8. The zero-order valence-corrected chi connectivity index (χ0v) is 29.4. The van der Waals surface area contributed by atoms with E-state index in [1.54, 1.807) is 0 Å². The van der Waals surface area contributed by atoms with E-state index in [-0.39, 0.29) is 42.3 Å². The minimum Gasteiger partial charge on any atom is -0.481 e. The SMILES string of the molecule is Cc1cc(F)cc(C)c1-c1cc(C(CC(=O)O)NC(=O)C(CC(C)C)n2cc(CCN3C[C@@H]4C[C@H]3CO4)c(C(F)(F)F)cc2=O)cc2c1CCC2. The highest BCUT2D eigenvalue weighted by Gasteiger charge is 2.40. The monoisotopic (exact) mass is 711 g/mol. The number of ether oxygens (including phenoxy) is 1. The van der Waals surface area contributed by atoms with Crippen LogP contribution >= 0.6 is 0 Å². The Morgan fingerprint density at radius 2 is 1.80 bits per heavy atom. The van der Waals surface area contributed by atoms with Crippen LogP contribution in [0.4, 0.5) is 17.6 Å². The van der Waals surface area contributed by atoms with E-state index in [9.17, 15) is 37.1 Å². The number of nitrogens with one attached hydrogen (secondary N) is 1. The molecule has 2 N–H and O–H groups in total. The predicted molar refractivity (Wildman–Crippen MR) is 184 cm³/mol. The van der Waals surface area contributed by atoms with Crippen molar-refractivity contribution in [1.82, 2.24) is 14.8 Å². The summed E-state index contributed by atoms with van der Waals surface area (Å²) in [5.74, 6) is -2.31. The van der Waals surface area contributed by atoms with Crippen LogP contribution < -0.4 is 10.9 Å². The summed E-state index contributed by atoms with van der Waals surface area (Å²) in [5.41, 5.74) is 3.80. The number of aromatic nitrogens is 1.